The van der Waals surface area contributed by atoms with Crippen LogP contribution in [0.1, 0.15) is 47.9 Å². The van der Waals surface area contributed by atoms with Crippen molar-refractivity contribution in [1.29, 1.82) is 5.26 Å². The minimum absolute atomic E-state index is 0.0543. The Kier molecular flexibility index (Phi) is 6.30. The highest BCUT2D eigenvalue weighted by atomic mass is 32.2. The number of aromatic nitrogens is 1. The number of thioether (sulfide) groups is 1. The summed E-state index contributed by atoms with van der Waals surface area (Å²) in [5, 5.41) is 13.0. The second kappa shape index (κ2) is 9.40. The van der Waals surface area contributed by atoms with Crippen LogP contribution < -0.4 is 20.3 Å². The van der Waals surface area contributed by atoms with E-state index in [-0.39, 0.29) is 24.3 Å². The first-order chi connectivity index (χ1) is 16.9. The molecule has 3 heterocycles. The summed E-state index contributed by atoms with van der Waals surface area (Å²) in [5.74, 6) is 1.78. The minimum Gasteiger partial charge on any atom is -0.454 e. The van der Waals surface area contributed by atoms with Crippen LogP contribution in [0.15, 0.2) is 27.9 Å². The number of thiocarbonyl (C=S) groups is 1. The summed E-state index contributed by atoms with van der Waals surface area (Å²) in [5.41, 5.74) is 1.74. The van der Waals surface area contributed by atoms with Crippen molar-refractivity contribution in [3.05, 3.63) is 55.7 Å². The van der Waals surface area contributed by atoms with Crippen LogP contribution in [0, 0.1) is 18.3 Å². The molecule has 1 N–H and O–H groups in total. The van der Waals surface area contributed by atoms with Gasteiger partial charge in [-0.1, -0.05) is 42.9 Å². The fourth-order valence-electron chi connectivity index (χ4n) is 4.77. The second-order valence-electron chi connectivity index (χ2n) is 8.77. The highest BCUT2D eigenvalue weighted by molar-refractivity contribution is 8.26. The molecule has 0 atom stereocenters. The van der Waals surface area contributed by atoms with Crippen LogP contribution in [0.2, 0.25) is 0 Å². The number of hydrogen-bond acceptors (Lipinski definition) is 8. The van der Waals surface area contributed by atoms with Gasteiger partial charge in [0, 0.05) is 25.2 Å². The predicted molar refractivity (Wildman–Crippen MR) is 138 cm³/mol. The first-order valence-corrected chi connectivity index (χ1v) is 12.6. The number of rotatable bonds is 5. The Bertz CT molecular complexity index is 1370. The van der Waals surface area contributed by atoms with Crippen molar-refractivity contribution in [3.63, 3.8) is 0 Å². The number of carbonyl (C=O) groups excluding carboxylic acids is 1. The Labute approximate surface area is 212 Å². The lowest BCUT2D eigenvalue weighted by atomic mass is 10.0. The average Bonchev–Trinajstić information content (AvgIpc) is 3.58. The number of anilines is 1. The standard InChI is InChI=1S/C25H24N4O4S2/c1-14-17(10-21-24(31)29(25(34)35-21)16-5-3-4-6-16)22(28(2)23(30)18(14)11-26)27-12-15-7-8-19-20(9-15)33-13-32-19/h7-10,16,27H,3-6,12-13H2,1-2H3/b21-10+. The molecule has 1 saturated carbocycles. The van der Waals surface area contributed by atoms with Gasteiger partial charge in [-0.25, -0.2) is 0 Å². The summed E-state index contributed by atoms with van der Waals surface area (Å²) in [7, 11) is 1.62. The van der Waals surface area contributed by atoms with E-state index >= 15 is 0 Å². The van der Waals surface area contributed by atoms with Crippen molar-refractivity contribution < 1.29 is 14.3 Å². The first-order valence-electron chi connectivity index (χ1n) is 11.4. The van der Waals surface area contributed by atoms with E-state index in [9.17, 15) is 14.9 Å². The van der Waals surface area contributed by atoms with Gasteiger partial charge in [0.2, 0.25) is 6.79 Å². The summed E-state index contributed by atoms with van der Waals surface area (Å²) >= 11 is 6.82. The van der Waals surface area contributed by atoms with E-state index in [1.165, 1.54) is 16.3 Å². The Morgan fingerprint density at radius 2 is 2.00 bits per heavy atom. The molecular formula is C25H24N4O4S2. The molecule has 5 rings (SSSR count). The van der Waals surface area contributed by atoms with Crippen LogP contribution in [-0.2, 0) is 18.4 Å². The van der Waals surface area contributed by atoms with Gasteiger partial charge in [-0.2, -0.15) is 5.26 Å². The van der Waals surface area contributed by atoms with Crippen LogP contribution in [0.4, 0.5) is 5.82 Å². The van der Waals surface area contributed by atoms with Crippen LogP contribution in [-0.4, -0.2) is 32.5 Å². The molecule has 10 heteroatoms. The number of hydrogen-bond donors (Lipinski definition) is 1. The number of nitriles is 1. The number of nitrogens with one attached hydrogen (secondary N) is 1. The van der Waals surface area contributed by atoms with Crippen LogP contribution in [0.25, 0.3) is 6.08 Å². The molecule has 1 saturated heterocycles. The normalized spacial score (nSPS) is 18.5. The third kappa shape index (κ3) is 4.19. The Morgan fingerprint density at radius 3 is 2.74 bits per heavy atom. The van der Waals surface area contributed by atoms with Crippen LogP contribution in [0.5, 0.6) is 11.5 Å². The highest BCUT2D eigenvalue weighted by Crippen LogP contribution is 2.39. The molecule has 2 fully saturated rings. The van der Waals surface area contributed by atoms with Gasteiger partial charge >= 0.3 is 0 Å². The zero-order valence-electron chi connectivity index (χ0n) is 19.4. The molecule has 1 aromatic carbocycles. The van der Waals surface area contributed by atoms with Gasteiger partial charge in [-0.15, -0.1) is 0 Å². The number of fused-ring (bicyclic) bond motifs is 1. The SMILES string of the molecule is Cc1c(/C=C2/SC(=S)N(C3CCCC3)C2=O)c(NCc2ccc3c(c2)OCO3)n(C)c(=O)c1C#N. The maximum atomic E-state index is 13.3. The molecule has 180 valence electrons. The van der Waals surface area contributed by atoms with Gasteiger partial charge < -0.3 is 14.8 Å². The van der Waals surface area contributed by atoms with Gasteiger partial charge in [-0.3, -0.25) is 19.1 Å². The van der Waals surface area contributed by atoms with Crippen molar-refractivity contribution in [2.45, 2.75) is 45.2 Å². The number of amides is 1. The predicted octanol–water partition coefficient (Wildman–Crippen LogP) is 4.05. The molecule has 0 bridgehead atoms. The third-order valence-corrected chi connectivity index (χ3v) is 8.02. The summed E-state index contributed by atoms with van der Waals surface area (Å²) < 4.78 is 12.8. The second-order valence-corrected chi connectivity index (χ2v) is 10.4. The first kappa shape index (κ1) is 23.5. The largest absolute Gasteiger partial charge is 0.454 e. The summed E-state index contributed by atoms with van der Waals surface area (Å²) in [6.07, 6.45) is 5.87. The molecule has 2 aliphatic heterocycles. The van der Waals surface area contributed by atoms with Crippen molar-refractivity contribution in [3.8, 4) is 17.6 Å². The maximum absolute atomic E-state index is 13.3. The summed E-state index contributed by atoms with van der Waals surface area (Å²) in [6.45, 7) is 2.33. The number of benzene rings is 1. The maximum Gasteiger partial charge on any atom is 0.270 e. The Balaban J connectivity index is 1.52. The molecule has 2 aromatic rings. The highest BCUT2D eigenvalue weighted by Gasteiger charge is 2.38. The number of ether oxygens (including phenoxy) is 2. The average molecular weight is 509 g/mol. The van der Waals surface area contributed by atoms with Crippen LogP contribution in [0.3, 0.4) is 0 Å². The third-order valence-electron chi connectivity index (χ3n) is 6.69. The lowest BCUT2D eigenvalue weighted by molar-refractivity contribution is -0.123. The number of carbonyl (C=O) groups is 1. The quantitative estimate of drug-likeness (QED) is 0.477. The van der Waals surface area contributed by atoms with Gasteiger partial charge in [0.05, 0.1) is 4.91 Å². The van der Waals surface area contributed by atoms with Crippen molar-refractivity contribution in [2.24, 2.45) is 7.05 Å². The van der Waals surface area contributed by atoms with Crippen LogP contribution >= 0.6 is 24.0 Å². The molecule has 0 unspecified atom stereocenters. The summed E-state index contributed by atoms with van der Waals surface area (Å²) in [6, 6.07) is 7.82. The van der Waals surface area contributed by atoms with Gasteiger partial charge in [0.15, 0.2) is 11.5 Å². The zero-order chi connectivity index (χ0) is 24.7. The van der Waals surface area contributed by atoms with E-state index in [1.54, 1.807) is 24.9 Å². The summed E-state index contributed by atoms with van der Waals surface area (Å²) in [4.78, 5) is 28.4. The Hall–Kier alpha value is -3.29. The molecule has 3 aliphatic rings. The van der Waals surface area contributed by atoms with E-state index in [0.717, 1.165) is 31.2 Å². The number of nitrogens with zero attached hydrogens (tertiary/aromatic N) is 3. The molecule has 8 nitrogen and oxygen atoms in total. The molecule has 35 heavy (non-hydrogen) atoms. The lowest BCUT2D eigenvalue weighted by Gasteiger charge is -2.22. The van der Waals surface area contributed by atoms with Gasteiger partial charge in [-0.05, 0) is 49.1 Å². The van der Waals surface area contributed by atoms with Crippen molar-refractivity contribution >= 4 is 46.1 Å². The lowest BCUT2D eigenvalue weighted by Crippen LogP contribution is -2.36. The molecule has 1 aliphatic carbocycles. The van der Waals surface area contributed by atoms with E-state index < -0.39 is 5.56 Å². The van der Waals surface area contributed by atoms with Gasteiger partial charge in [0.1, 0.15) is 21.8 Å². The van der Waals surface area contributed by atoms with E-state index in [1.807, 2.05) is 24.3 Å². The molecule has 0 radical (unpaired) electrons. The van der Waals surface area contributed by atoms with E-state index in [0.29, 0.717) is 44.2 Å². The molecule has 1 aromatic heterocycles. The zero-order valence-corrected chi connectivity index (χ0v) is 21.1. The van der Waals surface area contributed by atoms with Crippen molar-refractivity contribution in [2.75, 3.05) is 12.1 Å². The van der Waals surface area contributed by atoms with Crippen molar-refractivity contribution in [1.82, 2.24) is 9.47 Å². The smallest absolute Gasteiger partial charge is 0.270 e. The fraction of sp³-hybridized carbons (Fsp3) is 0.360. The number of pyridine rings is 1. The fourth-order valence-corrected chi connectivity index (χ4v) is 6.15. The molecule has 1 amide bonds. The molecule has 0 spiro atoms. The van der Waals surface area contributed by atoms with E-state index in [2.05, 4.69) is 5.32 Å². The monoisotopic (exact) mass is 508 g/mol. The minimum atomic E-state index is -0.395. The Morgan fingerprint density at radius 1 is 1.26 bits per heavy atom. The van der Waals surface area contributed by atoms with E-state index in [4.69, 9.17) is 21.7 Å². The molecular weight excluding hydrogens is 484 g/mol. The topological polar surface area (TPSA) is 96.6 Å². The van der Waals surface area contributed by atoms with Gasteiger partial charge in [0.25, 0.3) is 11.5 Å².